The first-order valence-corrected chi connectivity index (χ1v) is 9.05. The molecule has 2 heterocycles. The van der Waals surface area contributed by atoms with E-state index >= 15 is 0 Å². The standard InChI is InChI=1S/C17H30N2S/c1-4-9-18-12-17-11-16(15(3)20-17)13-19-10-7-5-6-8-14(19)2/h11,14,18H,4-10,12-13H2,1-3H3. The Kier molecular flexibility index (Phi) is 6.53. The first-order valence-electron chi connectivity index (χ1n) is 8.23. The van der Waals surface area contributed by atoms with Crippen LogP contribution in [-0.2, 0) is 13.1 Å². The molecule has 2 nitrogen and oxygen atoms in total. The minimum absolute atomic E-state index is 0.749. The van der Waals surface area contributed by atoms with E-state index in [1.54, 1.807) is 5.56 Å². The summed E-state index contributed by atoms with van der Waals surface area (Å²) in [7, 11) is 0. The molecule has 1 saturated heterocycles. The van der Waals surface area contributed by atoms with Crippen LogP contribution in [0.4, 0.5) is 0 Å². The van der Waals surface area contributed by atoms with Gasteiger partial charge in [0.1, 0.15) is 0 Å². The van der Waals surface area contributed by atoms with Crippen molar-refractivity contribution < 1.29 is 0 Å². The minimum Gasteiger partial charge on any atom is -0.312 e. The second-order valence-corrected chi connectivity index (χ2v) is 7.48. The van der Waals surface area contributed by atoms with Gasteiger partial charge in [-0.25, -0.2) is 0 Å². The molecule has 20 heavy (non-hydrogen) atoms. The van der Waals surface area contributed by atoms with Crippen molar-refractivity contribution in [3.05, 3.63) is 21.4 Å². The first-order chi connectivity index (χ1) is 9.70. The van der Waals surface area contributed by atoms with E-state index in [1.807, 2.05) is 11.3 Å². The predicted octanol–water partition coefficient (Wildman–Crippen LogP) is 4.32. The van der Waals surface area contributed by atoms with Gasteiger partial charge in [0.15, 0.2) is 0 Å². The summed E-state index contributed by atoms with van der Waals surface area (Å²) < 4.78 is 0. The summed E-state index contributed by atoms with van der Waals surface area (Å²) in [5.74, 6) is 0. The fourth-order valence-electron chi connectivity index (χ4n) is 3.01. The number of nitrogens with one attached hydrogen (secondary N) is 1. The van der Waals surface area contributed by atoms with Crippen LogP contribution in [0.25, 0.3) is 0 Å². The fraction of sp³-hybridized carbons (Fsp3) is 0.765. The summed E-state index contributed by atoms with van der Waals surface area (Å²) in [5, 5.41) is 3.51. The molecule has 1 N–H and O–H groups in total. The van der Waals surface area contributed by atoms with Crippen molar-refractivity contribution in [1.82, 2.24) is 10.2 Å². The van der Waals surface area contributed by atoms with E-state index in [0.717, 1.165) is 25.7 Å². The molecule has 0 radical (unpaired) electrons. The summed E-state index contributed by atoms with van der Waals surface area (Å²) in [5.41, 5.74) is 1.55. The van der Waals surface area contributed by atoms with Gasteiger partial charge in [-0.15, -0.1) is 11.3 Å². The van der Waals surface area contributed by atoms with Crippen LogP contribution in [0.2, 0.25) is 0 Å². The number of likely N-dealkylation sites (tertiary alicyclic amines) is 1. The minimum atomic E-state index is 0.749. The van der Waals surface area contributed by atoms with Gasteiger partial charge in [0.2, 0.25) is 0 Å². The van der Waals surface area contributed by atoms with E-state index in [2.05, 4.69) is 37.1 Å². The lowest BCUT2D eigenvalue weighted by molar-refractivity contribution is 0.205. The van der Waals surface area contributed by atoms with Crippen molar-refractivity contribution in [1.29, 1.82) is 0 Å². The maximum Gasteiger partial charge on any atom is 0.0299 e. The van der Waals surface area contributed by atoms with Gasteiger partial charge in [0.05, 0.1) is 0 Å². The van der Waals surface area contributed by atoms with Crippen LogP contribution in [0.3, 0.4) is 0 Å². The molecule has 1 atom stereocenters. The van der Waals surface area contributed by atoms with E-state index in [4.69, 9.17) is 0 Å². The number of hydrogen-bond donors (Lipinski definition) is 1. The predicted molar refractivity (Wildman–Crippen MR) is 89.4 cm³/mol. The van der Waals surface area contributed by atoms with Gasteiger partial charge in [-0.2, -0.15) is 0 Å². The second kappa shape index (κ2) is 8.16. The number of thiophene rings is 1. The van der Waals surface area contributed by atoms with Crippen LogP contribution in [0, 0.1) is 6.92 Å². The highest BCUT2D eigenvalue weighted by molar-refractivity contribution is 7.12. The average Bonchev–Trinajstić information content (AvgIpc) is 2.64. The Bertz CT molecular complexity index is 400. The van der Waals surface area contributed by atoms with E-state index in [0.29, 0.717) is 0 Å². The molecule has 0 aliphatic carbocycles. The molecule has 1 fully saturated rings. The third kappa shape index (κ3) is 4.57. The van der Waals surface area contributed by atoms with Crippen molar-refractivity contribution in [2.24, 2.45) is 0 Å². The molecule has 0 amide bonds. The summed E-state index contributed by atoms with van der Waals surface area (Å²) >= 11 is 1.97. The lowest BCUT2D eigenvalue weighted by atomic mass is 10.1. The van der Waals surface area contributed by atoms with Crippen LogP contribution in [0.1, 0.15) is 61.3 Å². The quantitative estimate of drug-likeness (QED) is 0.786. The summed E-state index contributed by atoms with van der Waals surface area (Å²) in [6.45, 7) is 11.5. The smallest absolute Gasteiger partial charge is 0.0299 e. The Morgan fingerprint density at radius 1 is 1.35 bits per heavy atom. The SMILES string of the molecule is CCCNCc1cc(CN2CCCCCC2C)c(C)s1. The third-order valence-electron chi connectivity index (χ3n) is 4.36. The second-order valence-electron chi connectivity index (χ2n) is 6.14. The molecule has 0 saturated carbocycles. The summed E-state index contributed by atoms with van der Waals surface area (Å²) in [4.78, 5) is 5.69. The van der Waals surface area contributed by atoms with Crippen molar-refractivity contribution in [2.75, 3.05) is 13.1 Å². The van der Waals surface area contributed by atoms with Crippen molar-refractivity contribution in [3.63, 3.8) is 0 Å². The van der Waals surface area contributed by atoms with E-state index in [-0.39, 0.29) is 0 Å². The number of hydrogen-bond acceptors (Lipinski definition) is 3. The van der Waals surface area contributed by atoms with Crippen molar-refractivity contribution in [2.45, 2.75) is 72.0 Å². The zero-order chi connectivity index (χ0) is 14.4. The van der Waals surface area contributed by atoms with E-state index in [1.165, 1.54) is 48.4 Å². The fourth-order valence-corrected chi connectivity index (χ4v) is 4.03. The number of rotatable bonds is 6. The molecule has 1 aliphatic heterocycles. The Labute approximate surface area is 128 Å². The molecule has 1 aliphatic rings. The van der Waals surface area contributed by atoms with Gasteiger partial charge >= 0.3 is 0 Å². The molecular formula is C17H30N2S. The molecule has 3 heteroatoms. The van der Waals surface area contributed by atoms with Gasteiger partial charge in [-0.1, -0.05) is 19.8 Å². The highest BCUT2D eigenvalue weighted by atomic mass is 32.1. The largest absolute Gasteiger partial charge is 0.312 e. The van der Waals surface area contributed by atoms with E-state index < -0.39 is 0 Å². The molecule has 1 aromatic rings. The molecule has 0 aromatic carbocycles. The van der Waals surface area contributed by atoms with Gasteiger partial charge in [0, 0.05) is 28.9 Å². The summed E-state index contributed by atoms with van der Waals surface area (Å²) in [6.07, 6.45) is 6.77. The van der Waals surface area contributed by atoms with Gasteiger partial charge in [-0.05, 0) is 57.8 Å². The number of aryl methyl sites for hydroxylation is 1. The van der Waals surface area contributed by atoms with Gasteiger partial charge in [0.25, 0.3) is 0 Å². The zero-order valence-electron chi connectivity index (χ0n) is 13.4. The average molecular weight is 295 g/mol. The van der Waals surface area contributed by atoms with Gasteiger partial charge < -0.3 is 5.32 Å². The third-order valence-corrected chi connectivity index (χ3v) is 5.45. The Morgan fingerprint density at radius 2 is 2.20 bits per heavy atom. The highest BCUT2D eigenvalue weighted by Gasteiger charge is 2.18. The molecule has 2 rings (SSSR count). The Morgan fingerprint density at radius 3 is 3.00 bits per heavy atom. The molecular weight excluding hydrogens is 264 g/mol. The Balaban J connectivity index is 1.94. The topological polar surface area (TPSA) is 15.3 Å². The Hall–Kier alpha value is -0.380. The number of nitrogens with zero attached hydrogens (tertiary/aromatic N) is 1. The first kappa shape index (κ1) is 16.0. The van der Waals surface area contributed by atoms with Crippen molar-refractivity contribution >= 4 is 11.3 Å². The molecule has 1 unspecified atom stereocenters. The normalized spacial score (nSPS) is 21.1. The van der Waals surface area contributed by atoms with Crippen LogP contribution < -0.4 is 5.32 Å². The van der Waals surface area contributed by atoms with Crippen LogP contribution in [0.15, 0.2) is 6.07 Å². The lowest BCUT2D eigenvalue weighted by Crippen LogP contribution is -2.32. The summed E-state index contributed by atoms with van der Waals surface area (Å²) in [6, 6.07) is 3.18. The van der Waals surface area contributed by atoms with Crippen LogP contribution in [0.5, 0.6) is 0 Å². The monoisotopic (exact) mass is 294 g/mol. The lowest BCUT2D eigenvalue weighted by Gasteiger charge is -2.26. The molecule has 0 spiro atoms. The highest BCUT2D eigenvalue weighted by Crippen LogP contribution is 2.25. The molecule has 0 bridgehead atoms. The zero-order valence-corrected chi connectivity index (χ0v) is 14.2. The maximum absolute atomic E-state index is 3.51. The molecule has 114 valence electrons. The molecule has 1 aromatic heterocycles. The van der Waals surface area contributed by atoms with Gasteiger partial charge in [-0.3, -0.25) is 4.90 Å². The van der Waals surface area contributed by atoms with Crippen molar-refractivity contribution in [3.8, 4) is 0 Å². The van der Waals surface area contributed by atoms with E-state index in [9.17, 15) is 0 Å². The van der Waals surface area contributed by atoms with Crippen LogP contribution >= 0.6 is 11.3 Å². The van der Waals surface area contributed by atoms with Crippen LogP contribution in [-0.4, -0.2) is 24.0 Å². The maximum atomic E-state index is 3.51.